The second kappa shape index (κ2) is 10.3. The molecule has 2 N–H and O–H groups in total. The van der Waals surface area contributed by atoms with Crippen LogP contribution in [0, 0.1) is 5.41 Å². The van der Waals surface area contributed by atoms with Gasteiger partial charge in [-0.05, 0) is 45.0 Å². The first-order chi connectivity index (χ1) is 15.3. The van der Waals surface area contributed by atoms with Crippen LogP contribution >= 0.6 is 0 Å². The van der Waals surface area contributed by atoms with Gasteiger partial charge in [-0.3, -0.25) is 9.59 Å². The Labute approximate surface area is 193 Å². The third kappa shape index (κ3) is 8.09. The minimum atomic E-state index is -0.559. The molecule has 11 nitrogen and oxygen atoms in total. The van der Waals surface area contributed by atoms with Crippen molar-refractivity contribution in [1.82, 2.24) is 30.6 Å². The molecule has 0 saturated carbocycles. The number of aromatic nitrogens is 4. The molecule has 1 heterocycles. The normalized spacial score (nSPS) is 11.5. The smallest absolute Gasteiger partial charge is 0.407 e. The van der Waals surface area contributed by atoms with Crippen molar-refractivity contribution in [3.63, 3.8) is 0 Å². The van der Waals surface area contributed by atoms with E-state index in [1.807, 2.05) is 41.5 Å². The van der Waals surface area contributed by atoms with E-state index in [9.17, 15) is 14.4 Å². The number of nitrogens with zero attached hydrogens (tertiary/aromatic N) is 5. The van der Waals surface area contributed by atoms with Crippen LogP contribution in [0.3, 0.4) is 0 Å². The molecule has 0 bridgehead atoms. The van der Waals surface area contributed by atoms with Gasteiger partial charge in [-0.1, -0.05) is 20.8 Å². The molecule has 1 aromatic heterocycles. The zero-order valence-corrected chi connectivity index (χ0v) is 20.1. The number of anilines is 1. The highest BCUT2D eigenvalue weighted by Gasteiger charge is 2.21. The van der Waals surface area contributed by atoms with Gasteiger partial charge >= 0.3 is 6.09 Å². The van der Waals surface area contributed by atoms with E-state index in [4.69, 9.17) is 4.74 Å². The molecule has 0 spiro atoms. The maximum Gasteiger partial charge on any atom is 0.407 e. The van der Waals surface area contributed by atoms with Gasteiger partial charge in [0.15, 0.2) is 0 Å². The number of carbonyl (C=O) groups excluding carboxylic acids is 3. The summed E-state index contributed by atoms with van der Waals surface area (Å²) in [4.78, 5) is 37.5. The van der Waals surface area contributed by atoms with E-state index in [-0.39, 0.29) is 30.7 Å². The summed E-state index contributed by atoms with van der Waals surface area (Å²) in [5.41, 5.74) is 0.364. The lowest BCUT2D eigenvalue weighted by Crippen LogP contribution is -2.42. The second-order valence-corrected chi connectivity index (χ2v) is 9.57. The summed E-state index contributed by atoms with van der Waals surface area (Å²) >= 11 is 0. The molecule has 2 rings (SSSR count). The van der Waals surface area contributed by atoms with Gasteiger partial charge in [0.05, 0.1) is 6.54 Å². The Bertz CT molecular complexity index is 978. The van der Waals surface area contributed by atoms with Crippen LogP contribution in [0.5, 0.6) is 0 Å². The molecule has 0 atom stereocenters. The van der Waals surface area contributed by atoms with Crippen LogP contribution in [0.15, 0.2) is 24.3 Å². The van der Waals surface area contributed by atoms with E-state index >= 15 is 0 Å². The first-order valence-corrected chi connectivity index (χ1v) is 10.5. The number of amides is 3. The first kappa shape index (κ1) is 25.6. The van der Waals surface area contributed by atoms with Crippen LogP contribution in [0.4, 0.5) is 10.5 Å². The van der Waals surface area contributed by atoms with Crippen molar-refractivity contribution in [1.29, 1.82) is 0 Å². The summed E-state index contributed by atoms with van der Waals surface area (Å²) in [6, 6.07) is 6.91. The Morgan fingerprint density at radius 1 is 0.939 bits per heavy atom. The fraction of sp³-hybridized carbons (Fsp3) is 0.500. The van der Waals surface area contributed by atoms with E-state index in [0.717, 1.165) is 0 Å². The number of benzene rings is 1. The van der Waals surface area contributed by atoms with E-state index in [0.29, 0.717) is 11.3 Å². The average Bonchev–Trinajstić information content (AvgIpc) is 2.72. The highest BCUT2D eigenvalue weighted by Crippen LogP contribution is 2.20. The molecule has 0 aliphatic carbocycles. The summed E-state index contributed by atoms with van der Waals surface area (Å²) in [7, 11) is 1.54. The van der Waals surface area contributed by atoms with Gasteiger partial charge in [-0.15, -0.1) is 20.4 Å². The summed E-state index contributed by atoms with van der Waals surface area (Å²) in [6.45, 7) is 11.2. The molecular formula is C22H31N7O4. The van der Waals surface area contributed by atoms with E-state index in [1.165, 1.54) is 11.9 Å². The molecule has 0 radical (unpaired) electrons. The van der Waals surface area contributed by atoms with E-state index < -0.39 is 23.0 Å². The van der Waals surface area contributed by atoms with Crippen LogP contribution in [0.1, 0.15) is 52.2 Å². The molecule has 3 amide bonds. The zero-order valence-electron chi connectivity index (χ0n) is 20.1. The van der Waals surface area contributed by atoms with Crippen molar-refractivity contribution in [2.45, 2.75) is 47.1 Å². The molecule has 0 fully saturated rings. The third-order valence-corrected chi connectivity index (χ3v) is 4.24. The Morgan fingerprint density at radius 3 is 2.03 bits per heavy atom. The molecule has 0 aliphatic rings. The molecule has 33 heavy (non-hydrogen) atoms. The summed E-state index contributed by atoms with van der Waals surface area (Å²) in [6.07, 6.45) is -0.559. The maximum atomic E-state index is 12.4. The Kier molecular flexibility index (Phi) is 8.02. The number of likely N-dealkylation sites (N-methyl/N-ethyl adjacent to an activating group) is 1. The number of hydrogen-bond donors (Lipinski definition) is 2. The highest BCUT2D eigenvalue weighted by atomic mass is 16.5. The van der Waals surface area contributed by atoms with Gasteiger partial charge in [-0.2, -0.15) is 0 Å². The molecule has 178 valence electrons. The number of hydrogen-bond acceptors (Lipinski definition) is 8. The minimum Gasteiger partial charge on any atom is -0.448 e. The maximum absolute atomic E-state index is 12.4. The minimum absolute atomic E-state index is 0.0151. The van der Waals surface area contributed by atoms with Gasteiger partial charge in [0.25, 0.3) is 11.7 Å². The van der Waals surface area contributed by atoms with Crippen LogP contribution in [-0.2, 0) is 9.53 Å². The van der Waals surface area contributed by atoms with Crippen molar-refractivity contribution in [2.75, 3.05) is 25.5 Å². The Hall–Kier alpha value is -3.63. The first-order valence-electron chi connectivity index (χ1n) is 10.5. The van der Waals surface area contributed by atoms with Crippen molar-refractivity contribution < 1.29 is 19.1 Å². The quantitative estimate of drug-likeness (QED) is 0.674. The van der Waals surface area contributed by atoms with Crippen molar-refractivity contribution in [2.24, 2.45) is 5.41 Å². The van der Waals surface area contributed by atoms with Crippen LogP contribution < -0.4 is 10.6 Å². The van der Waals surface area contributed by atoms with Crippen molar-refractivity contribution in [3.8, 4) is 11.4 Å². The van der Waals surface area contributed by atoms with Gasteiger partial charge in [0, 0.05) is 29.3 Å². The fourth-order valence-electron chi connectivity index (χ4n) is 2.34. The van der Waals surface area contributed by atoms with E-state index in [2.05, 4.69) is 31.0 Å². The molecule has 0 aliphatic heterocycles. The second-order valence-electron chi connectivity index (χ2n) is 9.57. The van der Waals surface area contributed by atoms with E-state index in [1.54, 1.807) is 24.3 Å². The molecule has 1 aromatic carbocycles. The molecule has 0 saturated heterocycles. The van der Waals surface area contributed by atoms with Gasteiger partial charge in [-0.25, -0.2) is 4.79 Å². The lowest BCUT2D eigenvalue weighted by atomic mass is 9.95. The average molecular weight is 458 g/mol. The molecule has 0 unspecified atom stereocenters. The number of rotatable bonds is 6. The Morgan fingerprint density at radius 2 is 1.52 bits per heavy atom. The highest BCUT2D eigenvalue weighted by molar-refractivity contribution is 5.94. The lowest BCUT2D eigenvalue weighted by Gasteiger charge is -2.21. The van der Waals surface area contributed by atoms with Crippen LogP contribution in [0.25, 0.3) is 11.4 Å². The SMILES string of the molecule is CN(CCOC(=O)NC(C)(C)C)C(=O)c1nnc(-c2ccc(NC(=O)C(C)(C)C)cc2)nn1. The predicted molar refractivity (Wildman–Crippen MR) is 122 cm³/mol. The molecular weight excluding hydrogens is 426 g/mol. The van der Waals surface area contributed by atoms with Gasteiger partial charge in [0.1, 0.15) is 6.61 Å². The third-order valence-electron chi connectivity index (χ3n) is 4.24. The van der Waals surface area contributed by atoms with Gasteiger partial charge in [0.2, 0.25) is 11.7 Å². The van der Waals surface area contributed by atoms with Crippen LogP contribution in [0.2, 0.25) is 0 Å². The summed E-state index contributed by atoms with van der Waals surface area (Å²) < 4.78 is 5.06. The zero-order chi connectivity index (χ0) is 24.8. The Balaban J connectivity index is 1.93. The number of alkyl carbamates (subject to hydrolysis) is 1. The topological polar surface area (TPSA) is 139 Å². The summed E-state index contributed by atoms with van der Waals surface area (Å²) in [5.74, 6) is -0.525. The van der Waals surface area contributed by atoms with Gasteiger partial charge < -0.3 is 20.3 Å². The number of carbonyl (C=O) groups is 3. The van der Waals surface area contributed by atoms with Crippen molar-refractivity contribution in [3.05, 3.63) is 30.1 Å². The van der Waals surface area contributed by atoms with Crippen molar-refractivity contribution >= 4 is 23.6 Å². The lowest BCUT2D eigenvalue weighted by molar-refractivity contribution is -0.123. The fourth-order valence-corrected chi connectivity index (χ4v) is 2.34. The summed E-state index contributed by atoms with van der Waals surface area (Å²) in [5, 5.41) is 21.2. The number of ether oxygens (including phenoxy) is 1. The molecule has 11 heteroatoms. The predicted octanol–water partition coefficient (Wildman–Crippen LogP) is 2.51. The number of nitrogens with one attached hydrogen (secondary N) is 2. The van der Waals surface area contributed by atoms with Crippen LogP contribution in [-0.4, -0.2) is 68.9 Å². The molecule has 2 aromatic rings. The largest absolute Gasteiger partial charge is 0.448 e. The standard InChI is InChI=1S/C22H31N7O4/c1-21(2,3)19(31)23-15-10-8-14(9-11-15)16-25-27-17(28-26-16)18(30)29(7)12-13-33-20(32)24-22(4,5)6/h8-11H,12-13H2,1-7H3,(H,23,31)(H,24,32). The monoisotopic (exact) mass is 457 g/mol.